The van der Waals surface area contributed by atoms with E-state index in [0.29, 0.717) is 0 Å². The van der Waals surface area contributed by atoms with Crippen LogP contribution in [0.3, 0.4) is 0 Å². The Morgan fingerprint density at radius 2 is 1.65 bits per heavy atom. The summed E-state index contributed by atoms with van der Waals surface area (Å²) in [5.74, 6) is 0.861. The van der Waals surface area contributed by atoms with Crippen molar-refractivity contribution in [2.45, 2.75) is 13.3 Å². The number of aryl methyl sites for hydroxylation is 1. The highest BCUT2D eigenvalue weighted by Gasteiger charge is 2.16. The first kappa shape index (κ1) is 12.9. The molecule has 0 radical (unpaired) electrons. The normalized spacial score (nSPS) is 16.1. The standard InChI is InChI=1S/C16H20N4/c1-14-8-9-17-16(18-14)20-11-5-10-19(12-13-20)15-6-3-2-4-7-15/h2-4,6-9H,5,10-13H2,1H3. The van der Waals surface area contributed by atoms with Gasteiger partial charge in [0.1, 0.15) is 0 Å². The van der Waals surface area contributed by atoms with Gasteiger partial charge in [-0.3, -0.25) is 0 Å². The predicted molar refractivity (Wildman–Crippen MR) is 82.3 cm³/mol. The lowest BCUT2D eigenvalue weighted by Crippen LogP contribution is -2.31. The van der Waals surface area contributed by atoms with Gasteiger partial charge in [0, 0.05) is 43.8 Å². The fourth-order valence-corrected chi connectivity index (χ4v) is 2.60. The van der Waals surface area contributed by atoms with Crippen LogP contribution in [0, 0.1) is 6.92 Å². The van der Waals surface area contributed by atoms with Crippen LogP contribution in [0.4, 0.5) is 11.6 Å². The van der Waals surface area contributed by atoms with E-state index in [2.05, 4.69) is 50.1 Å². The average Bonchev–Trinajstić information content (AvgIpc) is 2.74. The minimum Gasteiger partial charge on any atom is -0.370 e. The molecular weight excluding hydrogens is 248 g/mol. The van der Waals surface area contributed by atoms with E-state index in [-0.39, 0.29) is 0 Å². The van der Waals surface area contributed by atoms with Crippen molar-refractivity contribution in [2.75, 3.05) is 36.0 Å². The van der Waals surface area contributed by atoms with E-state index in [4.69, 9.17) is 0 Å². The van der Waals surface area contributed by atoms with Crippen LogP contribution in [0.25, 0.3) is 0 Å². The molecule has 0 atom stereocenters. The van der Waals surface area contributed by atoms with Crippen LogP contribution in [0.1, 0.15) is 12.1 Å². The fourth-order valence-electron chi connectivity index (χ4n) is 2.60. The smallest absolute Gasteiger partial charge is 0.225 e. The lowest BCUT2D eigenvalue weighted by atomic mass is 10.3. The molecule has 2 aromatic rings. The van der Waals surface area contributed by atoms with Crippen LogP contribution in [0.15, 0.2) is 42.6 Å². The van der Waals surface area contributed by atoms with Crippen molar-refractivity contribution in [1.29, 1.82) is 0 Å². The summed E-state index contributed by atoms with van der Waals surface area (Å²) in [4.78, 5) is 13.7. The highest BCUT2D eigenvalue weighted by molar-refractivity contribution is 5.47. The fraction of sp³-hybridized carbons (Fsp3) is 0.375. The second kappa shape index (κ2) is 5.90. The van der Waals surface area contributed by atoms with Crippen molar-refractivity contribution in [3.05, 3.63) is 48.3 Å². The molecule has 1 aliphatic heterocycles. The van der Waals surface area contributed by atoms with Gasteiger partial charge in [0.2, 0.25) is 5.95 Å². The molecule has 20 heavy (non-hydrogen) atoms. The Hall–Kier alpha value is -2.10. The summed E-state index contributed by atoms with van der Waals surface area (Å²) in [6.45, 7) is 6.11. The average molecular weight is 268 g/mol. The Kier molecular flexibility index (Phi) is 3.81. The van der Waals surface area contributed by atoms with Gasteiger partial charge >= 0.3 is 0 Å². The van der Waals surface area contributed by atoms with Crippen molar-refractivity contribution in [3.63, 3.8) is 0 Å². The molecule has 1 fully saturated rings. The van der Waals surface area contributed by atoms with E-state index < -0.39 is 0 Å². The molecule has 1 saturated heterocycles. The van der Waals surface area contributed by atoms with Crippen molar-refractivity contribution >= 4 is 11.6 Å². The zero-order chi connectivity index (χ0) is 13.8. The van der Waals surface area contributed by atoms with E-state index in [1.807, 2.05) is 19.2 Å². The van der Waals surface area contributed by atoms with Crippen LogP contribution in [-0.2, 0) is 0 Å². The Morgan fingerprint density at radius 3 is 2.45 bits per heavy atom. The van der Waals surface area contributed by atoms with Crippen LogP contribution >= 0.6 is 0 Å². The van der Waals surface area contributed by atoms with Gasteiger partial charge in [0.05, 0.1) is 0 Å². The van der Waals surface area contributed by atoms with Gasteiger partial charge in [-0.1, -0.05) is 18.2 Å². The topological polar surface area (TPSA) is 32.3 Å². The Labute approximate surface area is 120 Å². The van der Waals surface area contributed by atoms with E-state index in [9.17, 15) is 0 Å². The molecule has 4 nitrogen and oxygen atoms in total. The van der Waals surface area contributed by atoms with E-state index in [0.717, 1.165) is 44.2 Å². The molecule has 1 aromatic heterocycles. The molecule has 1 aromatic carbocycles. The molecule has 0 saturated carbocycles. The summed E-state index contributed by atoms with van der Waals surface area (Å²) < 4.78 is 0. The Morgan fingerprint density at radius 1 is 0.900 bits per heavy atom. The third kappa shape index (κ3) is 2.90. The molecule has 1 aliphatic rings. The molecule has 0 N–H and O–H groups in total. The molecule has 0 bridgehead atoms. The quantitative estimate of drug-likeness (QED) is 0.837. The van der Waals surface area contributed by atoms with Gasteiger partial charge in [0.15, 0.2) is 0 Å². The maximum Gasteiger partial charge on any atom is 0.225 e. The van der Waals surface area contributed by atoms with Gasteiger partial charge in [-0.15, -0.1) is 0 Å². The van der Waals surface area contributed by atoms with Gasteiger partial charge < -0.3 is 9.80 Å². The van der Waals surface area contributed by atoms with Crippen molar-refractivity contribution in [1.82, 2.24) is 9.97 Å². The lowest BCUT2D eigenvalue weighted by Gasteiger charge is -2.23. The summed E-state index contributed by atoms with van der Waals surface area (Å²) in [6.07, 6.45) is 2.98. The van der Waals surface area contributed by atoms with Crippen molar-refractivity contribution < 1.29 is 0 Å². The number of aromatic nitrogens is 2. The Bertz CT molecular complexity index is 555. The summed E-state index contributed by atoms with van der Waals surface area (Å²) >= 11 is 0. The van der Waals surface area contributed by atoms with Crippen LogP contribution < -0.4 is 9.80 Å². The highest BCUT2D eigenvalue weighted by Crippen LogP contribution is 2.17. The Balaban J connectivity index is 1.71. The number of hydrogen-bond acceptors (Lipinski definition) is 4. The number of benzene rings is 1. The molecule has 3 rings (SSSR count). The molecule has 0 spiro atoms. The molecule has 4 heteroatoms. The molecule has 0 unspecified atom stereocenters. The molecular formula is C16H20N4. The SMILES string of the molecule is Cc1ccnc(N2CCCN(c3ccccc3)CC2)n1. The van der Waals surface area contributed by atoms with E-state index in [1.165, 1.54) is 5.69 Å². The number of anilines is 2. The van der Waals surface area contributed by atoms with Crippen molar-refractivity contribution in [3.8, 4) is 0 Å². The molecule has 0 aliphatic carbocycles. The molecule has 104 valence electrons. The maximum atomic E-state index is 4.53. The minimum absolute atomic E-state index is 0.861. The summed E-state index contributed by atoms with van der Waals surface area (Å²) in [5, 5.41) is 0. The summed E-state index contributed by atoms with van der Waals surface area (Å²) in [5.41, 5.74) is 2.33. The highest BCUT2D eigenvalue weighted by atomic mass is 15.3. The van der Waals surface area contributed by atoms with Gasteiger partial charge in [-0.25, -0.2) is 9.97 Å². The number of nitrogens with zero attached hydrogens (tertiary/aromatic N) is 4. The van der Waals surface area contributed by atoms with Crippen LogP contribution in [-0.4, -0.2) is 36.1 Å². The number of hydrogen-bond donors (Lipinski definition) is 0. The number of rotatable bonds is 2. The zero-order valence-electron chi connectivity index (χ0n) is 11.9. The first-order valence-electron chi connectivity index (χ1n) is 7.17. The van der Waals surface area contributed by atoms with Crippen LogP contribution in [0.5, 0.6) is 0 Å². The first-order chi connectivity index (χ1) is 9.83. The monoisotopic (exact) mass is 268 g/mol. The van der Waals surface area contributed by atoms with Gasteiger partial charge in [0.25, 0.3) is 0 Å². The summed E-state index contributed by atoms with van der Waals surface area (Å²) in [6, 6.07) is 12.6. The number of para-hydroxylation sites is 1. The first-order valence-corrected chi connectivity index (χ1v) is 7.17. The molecule has 2 heterocycles. The van der Waals surface area contributed by atoms with Gasteiger partial charge in [-0.2, -0.15) is 0 Å². The van der Waals surface area contributed by atoms with E-state index in [1.54, 1.807) is 0 Å². The van der Waals surface area contributed by atoms with Gasteiger partial charge in [-0.05, 0) is 31.5 Å². The second-order valence-electron chi connectivity index (χ2n) is 5.16. The van der Waals surface area contributed by atoms with Crippen LogP contribution in [0.2, 0.25) is 0 Å². The van der Waals surface area contributed by atoms with Crippen molar-refractivity contribution in [2.24, 2.45) is 0 Å². The third-order valence-electron chi connectivity index (χ3n) is 3.68. The molecule has 0 amide bonds. The van der Waals surface area contributed by atoms with E-state index >= 15 is 0 Å². The summed E-state index contributed by atoms with van der Waals surface area (Å²) in [7, 11) is 0. The largest absolute Gasteiger partial charge is 0.370 e. The maximum absolute atomic E-state index is 4.53. The lowest BCUT2D eigenvalue weighted by molar-refractivity contribution is 0.779. The third-order valence-corrected chi connectivity index (χ3v) is 3.68. The minimum atomic E-state index is 0.861. The zero-order valence-corrected chi connectivity index (χ0v) is 11.9. The predicted octanol–water partition coefficient (Wildman–Crippen LogP) is 2.50. The second-order valence-corrected chi connectivity index (χ2v) is 5.16.